The maximum atomic E-state index is 14.0. The Morgan fingerprint density at radius 1 is 1.36 bits per heavy atom. The molecule has 0 saturated carbocycles. The molecule has 0 aromatic heterocycles. The van der Waals surface area contributed by atoms with Gasteiger partial charge in [0.1, 0.15) is 5.54 Å². The molecule has 4 rings (SSSR count). The molecule has 1 spiro atoms. The second-order valence-corrected chi connectivity index (χ2v) is 8.19. The van der Waals surface area contributed by atoms with Crippen LogP contribution in [-0.4, -0.2) is 53.4 Å². The van der Waals surface area contributed by atoms with Crippen molar-refractivity contribution in [2.24, 2.45) is 11.8 Å². The lowest BCUT2D eigenvalue weighted by atomic mass is 9.73. The van der Waals surface area contributed by atoms with Crippen LogP contribution in [0.5, 0.6) is 0 Å². The minimum Gasteiger partial charge on any atom is -0.355 e. The smallest absolute Gasteiger partial charge is 0.250 e. The van der Waals surface area contributed by atoms with Crippen molar-refractivity contribution in [2.75, 3.05) is 18.1 Å². The van der Waals surface area contributed by atoms with Gasteiger partial charge in [-0.1, -0.05) is 6.92 Å². The second-order valence-electron chi connectivity index (χ2n) is 6.80. The molecule has 1 aliphatic carbocycles. The lowest BCUT2D eigenvalue weighted by Crippen LogP contribution is -2.59. The van der Waals surface area contributed by atoms with E-state index in [1.165, 1.54) is 6.08 Å². The second kappa shape index (κ2) is 5.95. The fraction of sp³-hybridized carbons (Fsp3) is 0.588. The lowest BCUT2D eigenvalue weighted by Gasteiger charge is -2.30. The minimum absolute atomic E-state index is 0.0719. The van der Waals surface area contributed by atoms with Gasteiger partial charge >= 0.3 is 0 Å². The van der Waals surface area contributed by atoms with E-state index in [-0.39, 0.29) is 23.4 Å². The first-order chi connectivity index (χ1) is 12.0. The average Bonchev–Trinajstić information content (AvgIpc) is 3.20. The molecule has 134 valence electrons. The highest BCUT2D eigenvalue weighted by atomic mass is 32.2. The van der Waals surface area contributed by atoms with Gasteiger partial charge in [0, 0.05) is 24.2 Å². The minimum atomic E-state index is -1.78. The maximum absolute atomic E-state index is 14.0. The van der Waals surface area contributed by atoms with Crippen LogP contribution >= 0.6 is 11.8 Å². The SMILES string of the molecule is CCSCCC1NC2(C(=O)NC3=C2C(=O)C(F)C=C3)C2C(=O)NCC12. The number of halogens is 1. The van der Waals surface area contributed by atoms with Crippen molar-refractivity contribution in [3.05, 3.63) is 23.4 Å². The van der Waals surface area contributed by atoms with Gasteiger partial charge in [-0.05, 0) is 30.1 Å². The van der Waals surface area contributed by atoms with Crippen molar-refractivity contribution < 1.29 is 18.8 Å². The van der Waals surface area contributed by atoms with E-state index < -0.39 is 29.3 Å². The summed E-state index contributed by atoms with van der Waals surface area (Å²) in [4.78, 5) is 37.9. The molecule has 2 fully saturated rings. The van der Waals surface area contributed by atoms with Gasteiger partial charge in [0.05, 0.1) is 11.5 Å². The third-order valence-electron chi connectivity index (χ3n) is 5.60. The van der Waals surface area contributed by atoms with Crippen LogP contribution in [0.3, 0.4) is 0 Å². The molecule has 5 unspecified atom stereocenters. The molecule has 4 aliphatic rings. The number of carbonyl (C=O) groups is 3. The molecule has 0 radical (unpaired) electrons. The first kappa shape index (κ1) is 16.8. The van der Waals surface area contributed by atoms with Crippen LogP contribution in [0, 0.1) is 11.8 Å². The van der Waals surface area contributed by atoms with E-state index >= 15 is 0 Å². The van der Waals surface area contributed by atoms with Crippen molar-refractivity contribution in [3.63, 3.8) is 0 Å². The molecule has 0 bridgehead atoms. The normalized spacial score (nSPS) is 39.0. The van der Waals surface area contributed by atoms with Crippen molar-refractivity contribution >= 4 is 29.4 Å². The van der Waals surface area contributed by atoms with E-state index in [1.54, 1.807) is 11.8 Å². The Bertz CT molecular complexity index is 722. The van der Waals surface area contributed by atoms with E-state index in [0.717, 1.165) is 24.0 Å². The Kier molecular flexibility index (Phi) is 3.99. The Labute approximate surface area is 149 Å². The molecule has 8 heteroatoms. The van der Waals surface area contributed by atoms with E-state index in [4.69, 9.17) is 0 Å². The molecule has 6 nitrogen and oxygen atoms in total. The van der Waals surface area contributed by atoms with E-state index in [2.05, 4.69) is 22.9 Å². The van der Waals surface area contributed by atoms with Crippen LogP contribution in [0.2, 0.25) is 0 Å². The number of ketones is 1. The molecular weight excluding hydrogens is 345 g/mol. The molecule has 2 saturated heterocycles. The van der Waals surface area contributed by atoms with Gasteiger partial charge in [-0.15, -0.1) is 0 Å². The highest BCUT2D eigenvalue weighted by Gasteiger charge is 2.68. The van der Waals surface area contributed by atoms with Crippen molar-refractivity contribution in [3.8, 4) is 0 Å². The number of hydrogen-bond donors (Lipinski definition) is 3. The zero-order chi connectivity index (χ0) is 17.8. The number of thioether (sulfide) groups is 1. The van der Waals surface area contributed by atoms with Crippen LogP contribution < -0.4 is 16.0 Å². The molecule has 0 aromatic rings. The third-order valence-corrected chi connectivity index (χ3v) is 6.53. The summed E-state index contributed by atoms with van der Waals surface area (Å²) in [6, 6.07) is -0.0719. The number of rotatable bonds is 4. The number of hydrogen-bond acceptors (Lipinski definition) is 5. The Morgan fingerprint density at radius 2 is 2.16 bits per heavy atom. The zero-order valence-corrected chi connectivity index (χ0v) is 14.6. The maximum Gasteiger partial charge on any atom is 0.250 e. The summed E-state index contributed by atoms with van der Waals surface area (Å²) in [5.74, 6) is -0.281. The molecule has 0 aromatic carbocycles. The van der Waals surface area contributed by atoms with Crippen molar-refractivity contribution in [1.29, 1.82) is 0 Å². The lowest BCUT2D eigenvalue weighted by molar-refractivity contribution is -0.133. The number of carbonyl (C=O) groups excluding carboxylic acids is 3. The van der Waals surface area contributed by atoms with Crippen LogP contribution in [0.25, 0.3) is 0 Å². The van der Waals surface area contributed by atoms with E-state index in [0.29, 0.717) is 12.2 Å². The van der Waals surface area contributed by atoms with Crippen LogP contribution in [0.1, 0.15) is 13.3 Å². The largest absolute Gasteiger partial charge is 0.355 e. The summed E-state index contributed by atoms with van der Waals surface area (Å²) in [6.07, 6.45) is 1.58. The number of amides is 2. The summed E-state index contributed by atoms with van der Waals surface area (Å²) >= 11 is 1.79. The quantitative estimate of drug-likeness (QED) is 0.614. The first-order valence-corrected chi connectivity index (χ1v) is 9.72. The first-order valence-electron chi connectivity index (χ1n) is 8.56. The predicted molar refractivity (Wildman–Crippen MR) is 91.5 cm³/mol. The van der Waals surface area contributed by atoms with Gasteiger partial charge in [0.25, 0.3) is 0 Å². The summed E-state index contributed by atoms with van der Waals surface area (Å²) in [5, 5.41) is 8.80. The highest BCUT2D eigenvalue weighted by molar-refractivity contribution is 7.99. The van der Waals surface area contributed by atoms with Gasteiger partial charge in [-0.25, -0.2) is 4.39 Å². The predicted octanol–water partition coefficient (Wildman–Crippen LogP) is 0.0633. The zero-order valence-electron chi connectivity index (χ0n) is 13.8. The monoisotopic (exact) mass is 365 g/mol. The summed E-state index contributed by atoms with van der Waals surface area (Å²) < 4.78 is 14.0. The molecule has 3 aliphatic heterocycles. The number of fused-ring (bicyclic) bond motifs is 3. The van der Waals surface area contributed by atoms with E-state index in [9.17, 15) is 18.8 Å². The summed E-state index contributed by atoms with van der Waals surface area (Å²) in [6.45, 7) is 2.55. The molecule has 2 amide bonds. The van der Waals surface area contributed by atoms with Gasteiger partial charge < -0.3 is 10.6 Å². The summed E-state index contributed by atoms with van der Waals surface area (Å²) in [7, 11) is 0. The Morgan fingerprint density at radius 3 is 2.92 bits per heavy atom. The van der Waals surface area contributed by atoms with Gasteiger partial charge in [0.2, 0.25) is 17.6 Å². The van der Waals surface area contributed by atoms with Crippen molar-refractivity contribution in [2.45, 2.75) is 31.1 Å². The van der Waals surface area contributed by atoms with Crippen LogP contribution in [-0.2, 0) is 14.4 Å². The topological polar surface area (TPSA) is 87.3 Å². The standard InChI is InChI=1S/C17H20FN3O3S/c1-2-25-6-5-10-8-7-19-15(23)12(8)17(21-10)13-11(20-16(17)24)4-3-9(18)14(13)22/h3-4,8-10,12,21H,2,5-7H2,1H3,(H,19,23)(H,20,24). The number of Topliss-reactive ketones (excluding diaryl/α,β-unsaturated/α-hetero) is 1. The fourth-order valence-electron chi connectivity index (χ4n) is 4.56. The Balaban J connectivity index is 1.75. The Hall–Kier alpha value is -1.67. The van der Waals surface area contributed by atoms with Gasteiger partial charge in [-0.2, -0.15) is 11.8 Å². The van der Waals surface area contributed by atoms with Crippen LogP contribution in [0.15, 0.2) is 23.4 Å². The molecule has 3 N–H and O–H groups in total. The summed E-state index contributed by atoms with van der Waals surface area (Å²) in [5.41, 5.74) is -1.04. The van der Waals surface area contributed by atoms with Crippen molar-refractivity contribution in [1.82, 2.24) is 16.0 Å². The number of allylic oxidation sites excluding steroid dienone is 2. The number of nitrogens with one attached hydrogen (secondary N) is 3. The van der Waals surface area contributed by atoms with E-state index in [1.807, 2.05) is 0 Å². The van der Waals surface area contributed by atoms with Crippen LogP contribution in [0.4, 0.5) is 4.39 Å². The fourth-order valence-corrected chi connectivity index (χ4v) is 5.27. The third kappa shape index (κ3) is 2.23. The molecule has 3 heterocycles. The molecular formula is C17H20FN3O3S. The van der Waals surface area contributed by atoms with Gasteiger partial charge in [-0.3, -0.25) is 19.7 Å². The average molecular weight is 365 g/mol. The molecule has 25 heavy (non-hydrogen) atoms. The highest BCUT2D eigenvalue weighted by Crippen LogP contribution is 2.48. The molecule has 5 atom stereocenters. The number of alkyl halides is 1. The van der Waals surface area contributed by atoms with Gasteiger partial charge in [0.15, 0.2) is 6.17 Å².